The molecular formula is C21H27N3O3S. The highest BCUT2D eigenvalue weighted by Gasteiger charge is 2.25. The predicted octanol–water partition coefficient (Wildman–Crippen LogP) is 3.61. The van der Waals surface area contributed by atoms with E-state index in [1.165, 1.54) is 0 Å². The summed E-state index contributed by atoms with van der Waals surface area (Å²) in [6.45, 7) is 3.12. The summed E-state index contributed by atoms with van der Waals surface area (Å²) in [6.07, 6.45) is 3.94. The Balaban J connectivity index is 1.64. The van der Waals surface area contributed by atoms with Gasteiger partial charge >= 0.3 is 0 Å². The van der Waals surface area contributed by atoms with E-state index in [4.69, 9.17) is 0 Å². The van der Waals surface area contributed by atoms with Crippen LogP contribution in [0.5, 0.6) is 0 Å². The summed E-state index contributed by atoms with van der Waals surface area (Å²) >= 11 is 0. The number of rotatable bonds is 6. The molecule has 3 rings (SSSR count). The molecule has 150 valence electrons. The third-order valence-electron chi connectivity index (χ3n) is 4.91. The van der Waals surface area contributed by atoms with Gasteiger partial charge in [0.25, 0.3) is 0 Å². The van der Waals surface area contributed by atoms with Gasteiger partial charge in [-0.1, -0.05) is 37.1 Å². The second kappa shape index (κ2) is 9.21. The number of hydrogen-bond donors (Lipinski definition) is 2. The van der Waals surface area contributed by atoms with Gasteiger partial charge < -0.3 is 10.6 Å². The molecule has 1 saturated heterocycles. The molecule has 0 saturated carbocycles. The zero-order valence-corrected chi connectivity index (χ0v) is 17.0. The summed E-state index contributed by atoms with van der Waals surface area (Å²) in [5.74, 6) is -0.185. The summed E-state index contributed by atoms with van der Waals surface area (Å²) < 4.78 is 27.4. The summed E-state index contributed by atoms with van der Waals surface area (Å²) in [5, 5.41) is 5.87. The lowest BCUT2D eigenvalue weighted by atomic mass is 10.2. The maximum Gasteiger partial charge on any atom is 0.243 e. The van der Waals surface area contributed by atoms with E-state index in [0.717, 1.165) is 36.9 Å². The number of carbonyl (C=O) groups excluding carboxylic acids is 1. The number of amides is 1. The molecule has 0 unspecified atom stereocenters. The molecule has 1 aliphatic rings. The smallest absolute Gasteiger partial charge is 0.243 e. The number of aryl methyl sites for hydroxylation is 1. The van der Waals surface area contributed by atoms with Gasteiger partial charge in [0.2, 0.25) is 15.9 Å². The van der Waals surface area contributed by atoms with Crippen molar-refractivity contribution < 1.29 is 13.2 Å². The minimum atomic E-state index is -3.51. The molecule has 1 amide bonds. The molecule has 2 aromatic carbocycles. The Morgan fingerprint density at radius 2 is 1.71 bits per heavy atom. The molecular weight excluding hydrogens is 374 g/mol. The van der Waals surface area contributed by atoms with Crippen LogP contribution in [0.25, 0.3) is 0 Å². The van der Waals surface area contributed by atoms with Gasteiger partial charge in [-0.15, -0.1) is 0 Å². The van der Waals surface area contributed by atoms with Gasteiger partial charge in [-0.3, -0.25) is 4.79 Å². The van der Waals surface area contributed by atoms with E-state index in [2.05, 4.69) is 10.6 Å². The molecule has 7 heteroatoms. The summed E-state index contributed by atoms with van der Waals surface area (Å²) in [5.41, 5.74) is 2.36. The molecule has 0 aliphatic carbocycles. The Hall–Kier alpha value is -2.38. The van der Waals surface area contributed by atoms with Crippen molar-refractivity contribution in [3.8, 4) is 0 Å². The maximum atomic E-state index is 12.9. The first kappa shape index (κ1) is 20.4. The van der Waals surface area contributed by atoms with Crippen LogP contribution in [0.1, 0.15) is 31.2 Å². The average molecular weight is 402 g/mol. The first-order valence-electron chi connectivity index (χ1n) is 9.66. The van der Waals surface area contributed by atoms with E-state index in [-0.39, 0.29) is 17.3 Å². The van der Waals surface area contributed by atoms with Crippen LogP contribution in [-0.2, 0) is 14.8 Å². The molecule has 2 N–H and O–H groups in total. The number of para-hydroxylation sites is 1. The van der Waals surface area contributed by atoms with Crippen LogP contribution in [0, 0.1) is 6.92 Å². The number of benzene rings is 2. The van der Waals surface area contributed by atoms with Crippen molar-refractivity contribution in [2.75, 3.05) is 30.3 Å². The third-order valence-corrected chi connectivity index (χ3v) is 6.80. The molecule has 0 spiro atoms. The first-order valence-corrected chi connectivity index (χ1v) is 11.1. The van der Waals surface area contributed by atoms with Crippen molar-refractivity contribution in [2.45, 2.75) is 37.5 Å². The van der Waals surface area contributed by atoms with Gasteiger partial charge in [-0.05, 0) is 49.6 Å². The average Bonchev–Trinajstić information content (AvgIpc) is 2.99. The topological polar surface area (TPSA) is 78.5 Å². The fraction of sp³-hybridized carbons (Fsp3) is 0.381. The van der Waals surface area contributed by atoms with Crippen LogP contribution >= 0.6 is 0 Å². The molecule has 0 bridgehead atoms. The lowest BCUT2D eigenvalue weighted by Gasteiger charge is -2.20. The molecule has 1 heterocycles. The predicted molar refractivity (Wildman–Crippen MR) is 112 cm³/mol. The standard InChI is InChI=1S/C21H27N3O3S/c1-17-9-4-5-12-20(17)23-21(25)16-22-18-10-8-11-19(15-18)28(26,27)24-13-6-2-3-7-14-24/h4-5,8-12,15,22H,2-3,6-7,13-14,16H2,1H3,(H,23,25). The minimum absolute atomic E-state index is 0.0571. The monoisotopic (exact) mass is 401 g/mol. The van der Waals surface area contributed by atoms with Crippen molar-refractivity contribution in [2.24, 2.45) is 0 Å². The lowest BCUT2D eigenvalue weighted by molar-refractivity contribution is -0.114. The Labute approximate surface area is 167 Å². The van der Waals surface area contributed by atoms with Crippen molar-refractivity contribution in [3.63, 3.8) is 0 Å². The number of anilines is 2. The van der Waals surface area contributed by atoms with Crippen LogP contribution in [0.2, 0.25) is 0 Å². The molecule has 0 aromatic heterocycles. The van der Waals surface area contributed by atoms with Gasteiger partial charge in [-0.25, -0.2) is 8.42 Å². The Morgan fingerprint density at radius 1 is 1.00 bits per heavy atom. The second-order valence-electron chi connectivity index (χ2n) is 7.06. The van der Waals surface area contributed by atoms with Gasteiger partial charge in [0.1, 0.15) is 0 Å². The van der Waals surface area contributed by atoms with Gasteiger partial charge in [-0.2, -0.15) is 4.31 Å². The van der Waals surface area contributed by atoms with Crippen LogP contribution in [0.3, 0.4) is 0 Å². The zero-order valence-electron chi connectivity index (χ0n) is 16.1. The van der Waals surface area contributed by atoms with Crippen molar-refractivity contribution in [1.82, 2.24) is 4.31 Å². The molecule has 6 nitrogen and oxygen atoms in total. The fourth-order valence-corrected chi connectivity index (χ4v) is 4.85. The number of carbonyl (C=O) groups is 1. The summed E-state index contributed by atoms with van der Waals surface area (Å²) in [7, 11) is -3.51. The van der Waals surface area contributed by atoms with E-state index in [0.29, 0.717) is 18.8 Å². The van der Waals surface area contributed by atoms with E-state index < -0.39 is 10.0 Å². The molecule has 0 atom stereocenters. The molecule has 2 aromatic rings. The van der Waals surface area contributed by atoms with Crippen LogP contribution in [0.15, 0.2) is 53.4 Å². The van der Waals surface area contributed by atoms with E-state index in [1.807, 2.05) is 31.2 Å². The number of nitrogens with zero attached hydrogens (tertiary/aromatic N) is 1. The number of nitrogens with one attached hydrogen (secondary N) is 2. The van der Waals surface area contributed by atoms with Crippen LogP contribution < -0.4 is 10.6 Å². The largest absolute Gasteiger partial charge is 0.376 e. The quantitative estimate of drug-likeness (QED) is 0.775. The Bertz CT molecular complexity index is 920. The van der Waals surface area contributed by atoms with Crippen molar-refractivity contribution in [3.05, 3.63) is 54.1 Å². The molecule has 1 fully saturated rings. The van der Waals surface area contributed by atoms with E-state index in [1.54, 1.807) is 28.6 Å². The summed E-state index contributed by atoms with van der Waals surface area (Å²) in [4.78, 5) is 12.5. The summed E-state index contributed by atoms with van der Waals surface area (Å²) in [6, 6.07) is 14.2. The Morgan fingerprint density at radius 3 is 2.43 bits per heavy atom. The van der Waals surface area contributed by atoms with Crippen molar-refractivity contribution in [1.29, 1.82) is 0 Å². The number of sulfonamides is 1. The minimum Gasteiger partial charge on any atom is -0.376 e. The highest BCUT2D eigenvalue weighted by Crippen LogP contribution is 2.22. The Kier molecular flexibility index (Phi) is 6.70. The molecule has 0 radical (unpaired) electrons. The lowest BCUT2D eigenvalue weighted by Crippen LogP contribution is -2.32. The third kappa shape index (κ3) is 5.11. The van der Waals surface area contributed by atoms with Crippen molar-refractivity contribution >= 4 is 27.3 Å². The van der Waals surface area contributed by atoms with Crippen LogP contribution in [-0.4, -0.2) is 38.3 Å². The normalized spacial score (nSPS) is 15.6. The second-order valence-corrected chi connectivity index (χ2v) is 9.00. The zero-order chi connectivity index (χ0) is 20.0. The molecule has 1 aliphatic heterocycles. The van der Waals surface area contributed by atoms with Crippen LogP contribution in [0.4, 0.5) is 11.4 Å². The first-order chi connectivity index (χ1) is 13.5. The SMILES string of the molecule is Cc1ccccc1NC(=O)CNc1cccc(S(=O)(=O)N2CCCCCC2)c1. The molecule has 28 heavy (non-hydrogen) atoms. The fourth-order valence-electron chi connectivity index (χ4n) is 3.29. The maximum absolute atomic E-state index is 12.9. The highest BCUT2D eigenvalue weighted by molar-refractivity contribution is 7.89. The van der Waals surface area contributed by atoms with E-state index >= 15 is 0 Å². The van der Waals surface area contributed by atoms with Gasteiger partial charge in [0, 0.05) is 24.5 Å². The highest BCUT2D eigenvalue weighted by atomic mass is 32.2. The van der Waals surface area contributed by atoms with E-state index in [9.17, 15) is 13.2 Å². The van der Waals surface area contributed by atoms with Gasteiger partial charge in [0.05, 0.1) is 11.4 Å². The van der Waals surface area contributed by atoms with Gasteiger partial charge in [0.15, 0.2) is 0 Å². The number of hydrogen-bond acceptors (Lipinski definition) is 4.